The van der Waals surface area contributed by atoms with Crippen LogP contribution >= 0.6 is 0 Å². The number of carbonyl (C=O) groups excluding carboxylic acids is 3. The summed E-state index contributed by atoms with van der Waals surface area (Å²) < 4.78 is 6.62. The van der Waals surface area contributed by atoms with Gasteiger partial charge in [0.1, 0.15) is 5.69 Å². The number of esters is 1. The Hall–Kier alpha value is -3.23. The van der Waals surface area contributed by atoms with Gasteiger partial charge in [-0.15, -0.1) is 0 Å². The molecule has 0 saturated heterocycles. The van der Waals surface area contributed by atoms with Gasteiger partial charge in [-0.05, 0) is 18.6 Å². The largest absolute Gasteiger partial charge is 0.456 e. The lowest BCUT2D eigenvalue weighted by atomic mass is 10.2. The third-order valence-electron chi connectivity index (χ3n) is 4.52. The average molecular weight is 416 g/mol. The van der Waals surface area contributed by atoms with Gasteiger partial charge >= 0.3 is 5.97 Å². The Kier molecular flexibility index (Phi) is 8.52. The number of para-hydroxylation sites is 2. The van der Waals surface area contributed by atoms with E-state index in [0.29, 0.717) is 17.8 Å². The predicted octanol–water partition coefficient (Wildman–Crippen LogP) is 0.877. The number of nitrogens with zero attached hydrogens (tertiary/aromatic N) is 3. The third-order valence-corrected chi connectivity index (χ3v) is 4.52. The van der Waals surface area contributed by atoms with Crippen LogP contribution in [-0.4, -0.2) is 59.5 Å². The smallest absolute Gasteiger partial charge is 0.306 e. The maximum atomic E-state index is 12.8. The van der Waals surface area contributed by atoms with E-state index in [1.807, 2.05) is 24.3 Å². The molecule has 0 fully saturated rings. The number of fused-ring (bicyclic) bond motifs is 1. The van der Waals surface area contributed by atoms with E-state index in [1.165, 1.54) is 4.90 Å². The van der Waals surface area contributed by atoms with Crippen molar-refractivity contribution in [3.05, 3.63) is 40.3 Å². The van der Waals surface area contributed by atoms with Gasteiger partial charge in [-0.25, -0.2) is 4.98 Å². The zero-order chi connectivity index (χ0) is 22.1. The van der Waals surface area contributed by atoms with Gasteiger partial charge in [0.25, 0.3) is 11.5 Å². The number of rotatable bonds is 10. The Morgan fingerprint density at radius 2 is 1.93 bits per heavy atom. The van der Waals surface area contributed by atoms with Crippen molar-refractivity contribution in [2.75, 3.05) is 27.2 Å². The number of aromatic nitrogens is 2. The fourth-order valence-corrected chi connectivity index (χ4v) is 2.77. The molecule has 0 bridgehead atoms. The molecule has 162 valence electrons. The number of amides is 2. The number of likely N-dealkylation sites (N-methyl/N-ethyl adjacent to an activating group) is 1. The number of benzene rings is 1. The third kappa shape index (κ3) is 6.40. The first-order valence-corrected chi connectivity index (χ1v) is 9.94. The van der Waals surface area contributed by atoms with E-state index < -0.39 is 18.5 Å². The standard InChI is InChI=1S/C21H28N4O5/c1-4-5-12-25-17-9-7-6-8-15(17)23-16(21(25)29)10-11-20(28)30-14-18(26)22-13-19(27)24(2)3/h6-9H,4-5,10-14H2,1-3H3,(H,22,26). The van der Waals surface area contributed by atoms with Crippen molar-refractivity contribution in [2.24, 2.45) is 0 Å². The van der Waals surface area contributed by atoms with Gasteiger partial charge in [0.05, 0.1) is 24.0 Å². The number of ether oxygens (including phenoxy) is 1. The molecular weight excluding hydrogens is 388 g/mol. The second-order valence-electron chi connectivity index (χ2n) is 7.08. The summed E-state index contributed by atoms with van der Waals surface area (Å²) in [5.74, 6) is -1.45. The quantitative estimate of drug-likeness (QED) is 0.576. The second-order valence-corrected chi connectivity index (χ2v) is 7.08. The molecule has 0 aliphatic carbocycles. The number of hydrogen-bond donors (Lipinski definition) is 1. The minimum absolute atomic E-state index is 0.0712. The molecule has 30 heavy (non-hydrogen) atoms. The Labute approximate surface area is 175 Å². The van der Waals surface area contributed by atoms with Crippen molar-refractivity contribution in [2.45, 2.75) is 39.2 Å². The lowest BCUT2D eigenvalue weighted by Crippen LogP contribution is -2.38. The SMILES string of the molecule is CCCCn1c(=O)c(CCC(=O)OCC(=O)NCC(=O)N(C)C)nc2ccccc21. The number of carbonyl (C=O) groups is 3. The molecule has 0 spiro atoms. The molecule has 2 amide bonds. The number of nitrogens with one attached hydrogen (secondary N) is 1. The molecule has 0 saturated carbocycles. The molecular formula is C21H28N4O5. The average Bonchev–Trinajstić information content (AvgIpc) is 2.73. The van der Waals surface area contributed by atoms with Gasteiger partial charge < -0.3 is 19.5 Å². The lowest BCUT2D eigenvalue weighted by molar-refractivity contribution is -0.148. The highest BCUT2D eigenvalue weighted by atomic mass is 16.5. The van der Waals surface area contributed by atoms with Gasteiger partial charge in [0.15, 0.2) is 6.61 Å². The molecule has 9 heteroatoms. The van der Waals surface area contributed by atoms with Crippen LogP contribution in [0.3, 0.4) is 0 Å². The molecule has 1 aromatic heterocycles. The first-order chi connectivity index (χ1) is 14.3. The first-order valence-electron chi connectivity index (χ1n) is 9.94. The van der Waals surface area contributed by atoms with Crippen LogP contribution in [0.1, 0.15) is 31.9 Å². The summed E-state index contributed by atoms with van der Waals surface area (Å²) in [6, 6.07) is 7.40. The van der Waals surface area contributed by atoms with Crippen LogP contribution in [0.2, 0.25) is 0 Å². The van der Waals surface area contributed by atoms with Crippen molar-refractivity contribution in [1.82, 2.24) is 19.8 Å². The number of hydrogen-bond acceptors (Lipinski definition) is 6. The molecule has 9 nitrogen and oxygen atoms in total. The fourth-order valence-electron chi connectivity index (χ4n) is 2.77. The van der Waals surface area contributed by atoms with Crippen LogP contribution in [0.25, 0.3) is 11.0 Å². The number of aryl methyl sites for hydroxylation is 2. The first kappa shape index (κ1) is 23.1. The van der Waals surface area contributed by atoms with Crippen LogP contribution in [0.5, 0.6) is 0 Å². The van der Waals surface area contributed by atoms with Crippen LogP contribution in [0.15, 0.2) is 29.1 Å². The van der Waals surface area contributed by atoms with Gasteiger partial charge in [0, 0.05) is 27.1 Å². The van der Waals surface area contributed by atoms with E-state index in [0.717, 1.165) is 18.4 Å². The predicted molar refractivity (Wildman–Crippen MR) is 112 cm³/mol. The van der Waals surface area contributed by atoms with Gasteiger partial charge in [0.2, 0.25) is 5.91 Å². The Morgan fingerprint density at radius 1 is 1.20 bits per heavy atom. The molecule has 1 aromatic carbocycles. The minimum atomic E-state index is -0.612. The van der Waals surface area contributed by atoms with Crippen molar-refractivity contribution in [3.63, 3.8) is 0 Å². The fraction of sp³-hybridized carbons (Fsp3) is 0.476. The summed E-state index contributed by atoms with van der Waals surface area (Å²) >= 11 is 0. The summed E-state index contributed by atoms with van der Waals surface area (Å²) in [5, 5.41) is 2.38. The summed E-state index contributed by atoms with van der Waals surface area (Å²) in [6.45, 7) is 1.99. The lowest BCUT2D eigenvalue weighted by Gasteiger charge is -2.12. The van der Waals surface area contributed by atoms with Gasteiger partial charge in [-0.3, -0.25) is 19.2 Å². The van der Waals surface area contributed by atoms with E-state index in [2.05, 4.69) is 17.2 Å². The van der Waals surface area contributed by atoms with E-state index in [-0.39, 0.29) is 30.9 Å². The van der Waals surface area contributed by atoms with Crippen molar-refractivity contribution in [3.8, 4) is 0 Å². The molecule has 2 aromatic rings. The van der Waals surface area contributed by atoms with Crippen molar-refractivity contribution < 1.29 is 19.1 Å². The van der Waals surface area contributed by atoms with Crippen LogP contribution < -0.4 is 10.9 Å². The van der Waals surface area contributed by atoms with Crippen LogP contribution in [0, 0.1) is 0 Å². The highest BCUT2D eigenvalue weighted by molar-refractivity contribution is 5.86. The van der Waals surface area contributed by atoms with E-state index in [4.69, 9.17) is 4.74 Å². The Bertz CT molecular complexity index is 968. The van der Waals surface area contributed by atoms with Crippen molar-refractivity contribution in [1.29, 1.82) is 0 Å². The van der Waals surface area contributed by atoms with E-state index in [1.54, 1.807) is 18.7 Å². The maximum absolute atomic E-state index is 12.8. The maximum Gasteiger partial charge on any atom is 0.306 e. The highest BCUT2D eigenvalue weighted by Gasteiger charge is 2.14. The summed E-state index contributed by atoms with van der Waals surface area (Å²) in [5.41, 5.74) is 1.55. The minimum Gasteiger partial charge on any atom is -0.456 e. The van der Waals surface area contributed by atoms with E-state index >= 15 is 0 Å². The second kappa shape index (κ2) is 11.1. The molecule has 0 aliphatic heterocycles. The summed E-state index contributed by atoms with van der Waals surface area (Å²) in [7, 11) is 3.15. The summed E-state index contributed by atoms with van der Waals surface area (Å²) in [4.78, 5) is 53.7. The topological polar surface area (TPSA) is 111 Å². The van der Waals surface area contributed by atoms with Crippen LogP contribution in [-0.2, 0) is 32.1 Å². The van der Waals surface area contributed by atoms with Gasteiger partial charge in [-0.1, -0.05) is 25.5 Å². The Morgan fingerprint density at radius 3 is 2.63 bits per heavy atom. The molecule has 0 unspecified atom stereocenters. The Balaban J connectivity index is 1.96. The molecule has 1 N–H and O–H groups in total. The molecule has 0 aliphatic rings. The van der Waals surface area contributed by atoms with Crippen molar-refractivity contribution >= 4 is 28.8 Å². The molecule has 0 radical (unpaired) electrons. The van der Waals surface area contributed by atoms with Gasteiger partial charge in [-0.2, -0.15) is 0 Å². The zero-order valence-corrected chi connectivity index (χ0v) is 17.6. The zero-order valence-electron chi connectivity index (χ0n) is 17.6. The monoisotopic (exact) mass is 416 g/mol. The molecule has 2 rings (SSSR count). The normalized spacial score (nSPS) is 10.6. The number of unbranched alkanes of at least 4 members (excludes halogenated alkanes) is 1. The van der Waals surface area contributed by atoms with Crippen LogP contribution in [0.4, 0.5) is 0 Å². The van der Waals surface area contributed by atoms with E-state index in [9.17, 15) is 19.2 Å². The summed E-state index contributed by atoms with van der Waals surface area (Å²) in [6.07, 6.45) is 1.86. The highest BCUT2D eigenvalue weighted by Crippen LogP contribution is 2.12. The molecule has 0 atom stereocenters. The molecule has 1 heterocycles.